The lowest BCUT2D eigenvalue weighted by Gasteiger charge is -2.31. The molecule has 0 N–H and O–H groups in total. The molecule has 7 heteroatoms. The lowest BCUT2D eigenvalue weighted by atomic mass is 10.1. The molecular weight excluding hydrogens is 387 g/mol. The average Bonchev–Trinajstić information content (AvgIpc) is 2.70. The minimum Gasteiger partial charge on any atom is -0.497 e. The van der Waals surface area contributed by atoms with Crippen LogP contribution in [-0.2, 0) is 6.18 Å². The van der Waals surface area contributed by atoms with Gasteiger partial charge in [0, 0.05) is 15.4 Å². The summed E-state index contributed by atoms with van der Waals surface area (Å²) < 4.78 is 44.9. The van der Waals surface area contributed by atoms with Gasteiger partial charge in [0.15, 0.2) is 0 Å². The Balaban J connectivity index is 1.86. The second-order valence-corrected chi connectivity index (χ2v) is 7.20. The largest absolute Gasteiger partial charge is 0.497 e. The van der Waals surface area contributed by atoms with Crippen molar-refractivity contribution in [1.82, 2.24) is 0 Å². The number of fused-ring (bicyclic) bond motifs is 2. The Kier molecular flexibility index (Phi) is 4.55. The summed E-state index contributed by atoms with van der Waals surface area (Å²) in [6, 6.07) is 17.1. The van der Waals surface area contributed by atoms with Gasteiger partial charge >= 0.3 is 6.18 Å². The van der Waals surface area contributed by atoms with Gasteiger partial charge in [-0.25, -0.2) is 0 Å². The molecule has 0 aromatic heterocycles. The number of anilines is 2. The highest BCUT2D eigenvalue weighted by atomic mass is 32.2. The first-order valence-corrected chi connectivity index (χ1v) is 9.17. The minimum absolute atomic E-state index is 0.222. The number of hydrogen-bond acceptors (Lipinski definition) is 3. The van der Waals surface area contributed by atoms with E-state index in [9.17, 15) is 18.0 Å². The number of methoxy groups -OCH3 is 1. The van der Waals surface area contributed by atoms with E-state index in [0.717, 1.165) is 17.0 Å². The Bertz CT molecular complexity index is 1050. The normalized spacial score (nSPS) is 12.9. The molecule has 0 saturated heterocycles. The molecule has 1 amide bonds. The molecule has 3 aromatic rings. The topological polar surface area (TPSA) is 29.5 Å². The summed E-state index contributed by atoms with van der Waals surface area (Å²) in [6.07, 6.45) is -4.49. The molecule has 28 heavy (non-hydrogen) atoms. The third-order valence-corrected chi connectivity index (χ3v) is 5.52. The first-order chi connectivity index (χ1) is 13.4. The monoisotopic (exact) mass is 401 g/mol. The molecule has 3 nitrogen and oxygen atoms in total. The molecule has 0 bridgehead atoms. The van der Waals surface area contributed by atoms with E-state index in [1.54, 1.807) is 36.4 Å². The van der Waals surface area contributed by atoms with Gasteiger partial charge in [0.1, 0.15) is 5.75 Å². The van der Waals surface area contributed by atoms with Crippen molar-refractivity contribution in [3.8, 4) is 5.75 Å². The van der Waals surface area contributed by atoms with Gasteiger partial charge < -0.3 is 4.74 Å². The maximum Gasteiger partial charge on any atom is 0.416 e. The third-order valence-electron chi connectivity index (χ3n) is 4.39. The average molecular weight is 401 g/mol. The number of carbonyl (C=O) groups is 1. The molecule has 0 fully saturated rings. The highest BCUT2D eigenvalue weighted by molar-refractivity contribution is 7.99. The van der Waals surface area contributed by atoms with Gasteiger partial charge in [-0.05, 0) is 54.6 Å². The molecule has 1 aliphatic rings. The van der Waals surface area contributed by atoms with E-state index in [0.29, 0.717) is 21.9 Å². The Morgan fingerprint density at radius 3 is 2.29 bits per heavy atom. The maximum absolute atomic E-state index is 13.3. The predicted octanol–water partition coefficient (Wildman–Crippen LogP) is 6.16. The number of ether oxygens (including phenoxy) is 1. The molecule has 0 saturated carbocycles. The van der Waals surface area contributed by atoms with Crippen LogP contribution in [0, 0.1) is 0 Å². The molecule has 1 heterocycles. The SMILES string of the molecule is COc1ccc(C(=O)N2c3ccccc3Sc3ccc(C(F)(F)F)cc32)cc1. The molecular formula is C21H14F3NO2S. The van der Waals surface area contributed by atoms with Gasteiger partial charge in [0.2, 0.25) is 0 Å². The van der Waals surface area contributed by atoms with Crippen LogP contribution in [0.5, 0.6) is 5.75 Å². The summed E-state index contributed by atoms with van der Waals surface area (Å²) in [5.74, 6) is 0.182. The van der Waals surface area contributed by atoms with Gasteiger partial charge in [-0.3, -0.25) is 9.69 Å². The van der Waals surface area contributed by atoms with Gasteiger partial charge in [-0.1, -0.05) is 23.9 Å². The fourth-order valence-electron chi connectivity index (χ4n) is 3.01. The molecule has 142 valence electrons. The number of carbonyl (C=O) groups excluding carboxylic acids is 1. The van der Waals surface area contributed by atoms with Crippen molar-refractivity contribution < 1.29 is 22.7 Å². The molecule has 0 radical (unpaired) electrons. The van der Waals surface area contributed by atoms with Crippen LogP contribution in [0.3, 0.4) is 0 Å². The second kappa shape index (κ2) is 6.91. The molecule has 4 rings (SSSR count). The van der Waals surface area contributed by atoms with E-state index in [-0.39, 0.29) is 5.69 Å². The standard InChI is InChI=1S/C21H14F3NO2S/c1-27-15-9-6-13(7-10-15)20(26)25-16-4-2-3-5-18(16)28-19-11-8-14(12-17(19)25)21(22,23)24/h2-12H,1H3. The van der Waals surface area contributed by atoms with Crippen LogP contribution >= 0.6 is 11.8 Å². The van der Waals surface area contributed by atoms with Crippen molar-refractivity contribution in [2.24, 2.45) is 0 Å². The number of hydrogen-bond donors (Lipinski definition) is 0. The predicted molar refractivity (Wildman–Crippen MR) is 101 cm³/mol. The lowest BCUT2D eigenvalue weighted by molar-refractivity contribution is -0.137. The zero-order valence-corrected chi connectivity index (χ0v) is 15.5. The number of para-hydroxylation sites is 1. The van der Waals surface area contributed by atoms with Crippen LogP contribution in [-0.4, -0.2) is 13.0 Å². The van der Waals surface area contributed by atoms with Crippen LogP contribution in [0.15, 0.2) is 76.5 Å². The third kappa shape index (κ3) is 3.22. The molecule has 1 aliphatic heterocycles. The highest BCUT2D eigenvalue weighted by Crippen LogP contribution is 2.50. The van der Waals surface area contributed by atoms with Crippen LogP contribution in [0.2, 0.25) is 0 Å². The first kappa shape index (κ1) is 18.4. The van der Waals surface area contributed by atoms with Crippen LogP contribution in [0.1, 0.15) is 15.9 Å². The minimum atomic E-state index is -4.49. The van der Waals surface area contributed by atoms with Crippen molar-refractivity contribution in [1.29, 1.82) is 0 Å². The smallest absolute Gasteiger partial charge is 0.416 e. The fraction of sp³-hybridized carbons (Fsp3) is 0.0952. The molecule has 0 spiro atoms. The highest BCUT2D eigenvalue weighted by Gasteiger charge is 2.35. The van der Waals surface area contributed by atoms with Crippen molar-refractivity contribution in [2.75, 3.05) is 12.0 Å². The summed E-state index contributed by atoms with van der Waals surface area (Å²) >= 11 is 1.34. The van der Waals surface area contributed by atoms with Gasteiger partial charge in [0.25, 0.3) is 5.91 Å². The summed E-state index contributed by atoms with van der Waals surface area (Å²) in [7, 11) is 1.52. The van der Waals surface area contributed by atoms with Crippen molar-refractivity contribution >= 4 is 29.0 Å². The van der Waals surface area contributed by atoms with E-state index < -0.39 is 17.6 Å². The summed E-state index contributed by atoms with van der Waals surface area (Å²) in [5.41, 5.74) is 0.337. The van der Waals surface area contributed by atoms with E-state index in [4.69, 9.17) is 4.74 Å². The van der Waals surface area contributed by atoms with Crippen LogP contribution < -0.4 is 9.64 Å². The summed E-state index contributed by atoms with van der Waals surface area (Å²) in [4.78, 5) is 16.0. The Morgan fingerprint density at radius 1 is 0.929 bits per heavy atom. The van der Waals surface area contributed by atoms with E-state index in [1.165, 1.54) is 29.8 Å². The number of amides is 1. The number of nitrogens with zero attached hydrogens (tertiary/aromatic N) is 1. The molecule has 0 unspecified atom stereocenters. The molecule has 0 atom stereocenters. The Morgan fingerprint density at radius 2 is 1.61 bits per heavy atom. The first-order valence-electron chi connectivity index (χ1n) is 8.35. The van der Waals surface area contributed by atoms with Gasteiger partial charge in [-0.2, -0.15) is 13.2 Å². The zero-order valence-electron chi connectivity index (χ0n) is 14.7. The Labute approximate surface area is 163 Å². The Hall–Kier alpha value is -2.93. The number of alkyl halides is 3. The second-order valence-electron chi connectivity index (χ2n) is 6.12. The quantitative estimate of drug-likeness (QED) is 0.515. The van der Waals surface area contributed by atoms with Crippen LogP contribution in [0.4, 0.5) is 24.5 Å². The van der Waals surface area contributed by atoms with E-state index in [2.05, 4.69) is 0 Å². The number of rotatable bonds is 2. The zero-order chi connectivity index (χ0) is 19.9. The van der Waals surface area contributed by atoms with Gasteiger partial charge in [-0.15, -0.1) is 0 Å². The van der Waals surface area contributed by atoms with Crippen molar-refractivity contribution in [3.05, 3.63) is 77.9 Å². The molecule has 0 aliphatic carbocycles. The summed E-state index contributed by atoms with van der Waals surface area (Å²) in [5, 5.41) is 0. The van der Waals surface area contributed by atoms with Crippen molar-refractivity contribution in [2.45, 2.75) is 16.0 Å². The molecule has 3 aromatic carbocycles. The van der Waals surface area contributed by atoms with Crippen LogP contribution in [0.25, 0.3) is 0 Å². The van der Waals surface area contributed by atoms with E-state index in [1.807, 2.05) is 12.1 Å². The van der Waals surface area contributed by atoms with E-state index >= 15 is 0 Å². The number of benzene rings is 3. The maximum atomic E-state index is 13.3. The van der Waals surface area contributed by atoms with Crippen molar-refractivity contribution in [3.63, 3.8) is 0 Å². The van der Waals surface area contributed by atoms with Gasteiger partial charge in [0.05, 0.1) is 24.0 Å². The summed E-state index contributed by atoms with van der Waals surface area (Å²) in [6.45, 7) is 0. The number of halogens is 3. The lowest BCUT2D eigenvalue weighted by Crippen LogP contribution is -2.28. The fourth-order valence-corrected chi connectivity index (χ4v) is 4.05.